The summed E-state index contributed by atoms with van der Waals surface area (Å²) in [5.41, 5.74) is 1.65. The van der Waals surface area contributed by atoms with Gasteiger partial charge in [0.15, 0.2) is 11.6 Å². The molecule has 2 heterocycles. The number of carbonyl (C=O) groups excluding carboxylic acids is 1. The lowest BCUT2D eigenvalue weighted by Crippen LogP contribution is -2.13. The summed E-state index contributed by atoms with van der Waals surface area (Å²) >= 11 is 0. The van der Waals surface area contributed by atoms with Crippen molar-refractivity contribution in [3.05, 3.63) is 72.4 Å². The number of hydrogen-bond donors (Lipinski definition) is 0. The van der Waals surface area contributed by atoms with Gasteiger partial charge in [0.05, 0.1) is 11.3 Å². The molecule has 0 N–H and O–H groups in total. The predicted molar refractivity (Wildman–Crippen MR) is 89.4 cm³/mol. The minimum atomic E-state index is -0.191. The average Bonchev–Trinajstić information content (AvgIpc) is 3.10. The Morgan fingerprint density at radius 3 is 2.58 bits per heavy atom. The van der Waals surface area contributed by atoms with Gasteiger partial charge in [0, 0.05) is 38.3 Å². The number of nitrogens with zero attached hydrogens (tertiary/aromatic N) is 6. The highest BCUT2D eigenvalue weighted by molar-refractivity contribution is 6.28. The Labute approximate surface area is 139 Å². The number of aromatic nitrogens is 5. The van der Waals surface area contributed by atoms with Crippen LogP contribution in [0.5, 0.6) is 0 Å². The maximum Gasteiger partial charge on any atom is 0.199 e. The quantitative estimate of drug-likeness (QED) is 0.527. The summed E-state index contributed by atoms with van der Waals surface area (Å²) in [6, 6.07) is 12.9. The van der Waals surface area contributed by atoms with Gasteiger partial charge >= 0.3 is 0 Å². The molecule has 24 heavy (non-hydrogen) atoms. The van der Waals surface area contributed by atoms with Crippen molar-refractivity contribution < 1.29 is 4.79 Å². The lowest BCUT2D eigenvalue weighted by Gasteiger charge is -2.11. The van der Waals surface area contributed by atoms with E-state index in [1.165, 1.54) is 6.20 Å². The summed E-state index contributed by atoms with van der Waals surface area (Å²) in [4.78, 5) is 18.7. The Bertz CT molecular complexity index is 855. The molecule has 0 aliphatic rings. The monoisotopic (exact) mass is 320 g/mol. The zero-order valence-electron chi connectivity index (χ0n) is 13.4. The van der Waals surface area contributed by atoms with Crippen LogP contribution in [-0.4, -0.2) is 50.0 Å². The van der Waals surface area contributed by atoms with E-state index in [4.69, 9.17) is 0 Å². The van der Waals surface area contributed by atoms with E-state index in [9.17, 15) is 4.79 Å². The molecule has 0 amide bonds. The lowest BCUT2D eigenvalue weighted by molar-refractivity contribution is 0.105. The van der Waals surface area contributed by atoms with Crippen LogP contribution in [0.4, 0.5) is 0 Å². The van der Waals surface area contributed by atoms with Crippen LogP contribution in [0.25, 0.3) is 11.3 Å². The largest absolute Gasteiger partial charge is 0.383 e. The van der Waals surface area contributed by atoms with Gasteiger partial charge in [-0.2, -0.15) is 4.68 Å². The molecule has 0 radical (unpaired) electrons. The molecular weight excluding hydrogens is 304 g/mol. The van der Waals surface area contributed by atoms with E-state index < -0.39 is 0 Å². The van der Waals surface area contributed by atoms with Crippen molar-refractivity contribution >= 4 is 11.4 Å². The Kier molecular flexibility index (Phi) is 4.42. The van der Waals surface area contributed by atoms with Crippen molar-refractivity contribution in [3.8, 4) is 5.69 Å². The number of hydrogen-bond acceptors (Lipinski definition) is 6. The van der Waals surface area contributed by atoms with Crippen molar-refractivity contribution in [1.29, 1.82) is 0 Å². The molecule has 2 aromatic heterocycles. The van der Waals surface area contributed by atoms with Crippen molar-refractivity contribution in [1.82, 2.24) is 30.1 Å². The van der Waals surface area contributed by atoms with Gasteiger partial charge in [-0.05, 0) is 34.7 Å². The van der Waals surface area contributed by atoms with Crippen LogP contribution in [0.15, 0.2) is 61.1 Å². The Morgan fingerprint density at radius 2 is 1.92 bits per heavy atom. The van der Waals surface area contributed by atoms with E-state index in [0.29, 0.717) is 17.0 Å². The first-order valence-corrected chi connectivity index (χ1v) is 7.34. The third kappa shape index (κ3) is 3.19. The van der Waals surface area contributed by atoms with Crippen LogP contribution in [0.1, 0.15) is 16.2 Å². The number of carbonyl (C=O) groups is 1. The van der Waals surface area contributed by atoms with E-state index in [1.54, 1.807) is 34.1 Å². The topological polar surface area (TPSA) is 76.8 Å². The summed E-state index contributed by atoms with van der Waals surface area (Å²) in [7, 11) is 3.68. The van der Waals surface area contributed by atoms with Crippen molar-refractivity contribution in [2.75, 3.05) is 14.1 Å². The van der Waals surface area contributed by atoms with E-state index >= 15 is 0 Å². The van der Waals surface area contributed by atoms with Gasteiger partial charge in [-0.25, -0.2) is 0 Å². The van der Waals surface area contributed by atoms with Gasteiger partial charge in [0.1, 0.15) is 0 Å². The minimum absolute atomic E-state index is 0.191. The van der Waals surface area contributed by atoms with Crippen molar-refractivity contribution in [2.45, 2.75) is 0 Å². The summed E-state index contributed by atoms with van der Waals surface area (Å²) in [5.74, 6) is 0.188. The number of benzene rings is 1. The van der Waals surface area contributed by atoms with Gasteiger partial charge in [-0.15, -0.1) is 5.10 Å². The zero-order chi connectivity index (χ0) is 16.9. The molecule has 3 aromatic rings. The van der Waals surface area contributed by atoms with Gasteiger partial charge in [-0.3, -0.25) is 9.78 Å². The molecule has 3 rings (SSSR count). The molecule has 0 atom stereocenters. The number of tetrazole rings is 1. The highest BCUT2D eigenvalue weighted by Crippen LogP contribution is 2.20. The van der Waals surface area contributed by atoms with Crippen molar-refractivity contribution in [3.63, 3.8) is 0 Å². The maximum absolute atomic E-state index is 12.9. The molecule has 0 spiro atoms. The predicted octanol–water partition coefficient (Wildman–Crippen LogP) is 1.84. The first kappa shape index (κ1) is 15.5. The minimum Gasteiger partial charge on any atom is -0.383 e. The standard InChI is InChI=1S/C17H16N6O/c1-22(2)12-15(16(24)13-7-6-10-18-11-13)17-19-20-21-23(17)14-8-4-3-5-9-14/h3-12H,1-2H3. The Morgan fingerprint density at radius 1 is 1.12 bits per heavy atom. The zero-order valence-corrected chi connectivity index (χ0v) is 13.4. The Hall–Kier alpha value is -3.35. The number of ketones is 1. The third-order valence-corrected chi connectivity index (χ3v) is 3.27. The van der Waals surface area contributed by atoms with Crippen LogP contribution in [0.3, 0.4) is 0 Å². The second kappa shape index (κ2) is 6.82. The maximum atomic E-state index is 12.9. The normalized spacial score (nSPS) is 11.3. The molecule has 0 aliphatic carbocycles. The van der Waals surface area contributed by atoms with Crippen LogP contribution in [-0.2, 0) is 0 Å². The summed E-state index contributed by atoms with van der Waals surface area (Å²) in [5, 5.41) is 11.8. The second-order valence-corrected chi connectivity index (χ2v) is 5.33. The van der Waals surface area contributed by atoms with Crippen LogP contribution >= 0.6 is 0 Å². The van der Waals surface area contributed by atoms with Gasteiger partial charge < -0.3 is 4.90 Å². The van der Waals surface area contributed by atoms with Gasteiger partial charge in [-0.1, -0.05) is 18.2 Å². The fourth-order valence-corrected chi connectivity index (χ4v) is 2.23. The van der Waals surface area contributed by atoms with E-state index in [2.05, 4.69) is 20.5 Å². The number of allylic oxidation sites excluding steroid dienone is 1. The number of Topliss-reactive ketones (excluding diaryl/α,β-unsaturated/α-hetero) is 1. The first-order chi connectivity index (χ1) is 11.7. The first-order valence-electron chi connectivity index (χ1n) is 7.34. The molecule has 120 valence electrons. The second-order valence-electron chi connectivity index (χ2n) is 5.33. The molecular formula is C17H16N6O. The van der Waals surface area contributed by atoms with E-state index in [1.807, 2.05) is 44.4 Å². The van der Waals surface area contributed by atoms with Crippen molar-refractivity contribution in [2.24, 2.45) is 0 Å². The summed E-state index contributed by atoms with van der Waals surface area (Å²) in [6.07, 6.45) is 4.86. The number of para-hydroxylation sites is 1. The molecule has 0 unspecified atom stereocenters. The summed E-state index contributed by atoms with van der Waals surface area (Å²) in [6.45, 7) is 0. The molecule has 0 saturated carbocycles. The third-order valence-electron chi connectivity index (χ3n) is 3.27. The molecule has 0 bridgehead atoms. The SMILES string of the molecule is CN(C)C=C(C(=O)c1cccnc1)c1nnnn1-c1ccccc1. The van der Waals surface area contributed by atoms with E-state index in [0.717, 1.165) is 5.69 Å². The van der Waals surface area contributed by atoms with Crippen LogP contribution < -0.4 is 0 Å². The molecule has 0 fully saturated rings. The lowest BCUT2D eigenvalue weighted by atomic mass is 10.1. The van der Waals surface area contributed by atoms with Crippen LogP contribution in [0.2, 0.25) is 0 Å². The highest BCUT2D eigenvalue weighted by Gasteiger charge is 2.22. The summed E-state index contributed by atoms with van der Waals surface area (Å²) < 4.78 is 1.55. The van der Waals surface area contributed by atoms with E-state index in [-0.39, 0.29) is 5.78 Å². The molecule has 7 nitrogen and oxygen atoms in total. The fourth-order valence-electron chi connectivity index (χ4n) is 2.23. The van der Waals surface area contributed by atoms with Gasteiger partial charge in [0.2, 0.25) is 0 Å². The molecule has 1 aromatic carbocycles. The van der Waals surface area contributed by atoms with Gasteiger partial charge in [0.25, 0.3) is 0 Å². The smallest absolute Gasteiger partial charge is 0.199 e. The fraction of sp³-hybridized carbons (Fsp3) is 0.118. The van der Waals surface area contributed by atoms with Crippen LogP contribution in [0, 0.1) is 0 Å². The highest BCUT2D eigenvalue weighted by atomic mass is 16.1. The Balaban J connectivity index is 2.10. The number of rotatable bonds is 5. The average molecular weight is 320 g/mol. The number of pyridine rings is 1. The molecule has 7 heteroatoms. The molecule has 0 saturated heterocycles. The molecule has 0 aliphatic heterocycles.